The number of rotatable bonds is 9. The van der Waals surface area contributed by atoms with Crippen LogP contribution in [0.3, 0.4) is 0 Å². The molecule has 1 rings (SSSR count). The Bertz CT molecular complexity index is 320. The summed E-state index contributed by atoms with van der Waals surface area (Å²) in [5, 5.41) is 3.55. The van der Waals surface area contributed by atoms with Crippen LogP contribution in [-0.2, 0) is 0 Å². The van der Waals surface area contributed by atoms with Crippen molar-refractivity contribution in [3.63, 3.8) is 0 Å². The molecule has 0 saturated carbocycles. The second kappa shape index (κ2) is 13.2. The molecule has 1 unspecified atom stereocenters. The number of nitrogens with zero attached hydrogens (tertiary/aromatic N) is 4. The van der Waals surface area contributed by atoms with Gasteiger partial charge in [-0.15, -0.1) is 24.0 Å². The number of likely N-dealkylation sites (N-methyl/N-ethyl adjacent to an activating group) is 2. The van der Waals surface area contributed by atoms with Crippen LogP contribution in [0.5, 0.6) is 0 Å². The molecule has 0 amide bonds. The van der Waals surface area contributed by atoms with Crippen molar-refractivity contribution >= 4 is 29.9 Å². The van der Waals surface area contributed by atoms with Crippen LogP contribution >= 0.6 is 24.0 Å². The van der Waals surface area contributed by atoms with Gasteiger partial charge in [-0.3, -0.25) is 9.89 Å². The lowest BCUT2D eigenvalue weighted by Gasteiger charge is -2.27. The summed E-state index contributed by atoms with van der Waals surface area (Å²) < 4.78 is 0. The Morgan fingerprint density at radius 2 is 1.83 bits per heavy atom. The van der Waals surface area contributed by atoms with Crippen molar-refractivity contribution in [2.75, 3.05) is 59.4 Å². The Hall–Kier alpha value is -0.0800. The van der Waals surface area contributed by atoms with E-state index in [1.165, 1.54) is 19.4 Å². The fraction of sp³-hybridized carbons (Fsp3) is 0.941. The number of aliphatic imine (C=N–C) groups is 1. The maximum absolute atomic E-state index is 4.48. The third-order valence-corrected chi connectivity index (χ3v) is 4.70. The molecule has 0 radical (unpaired) electrons. The Morgan fingerprint density at radius 1 is 1.13 bits per heavy atom. The standard InChI is InChI=1S/C17H37N5.HI/c1-6-12-20(7-2)14-11-19-17(18-5)22-13-10-16(15-22)21(8-3)9-4;/h16H,6-15H2,1-5H3,(H,18,19);1H. The second-order valence-corrected chi connectivity index (χ2v) is 6.02. The molecule has 23 heavy (non-hydrogen) atoms. The third-order valence-electron chi connectivity index (χ3n) is 4.70. The van der Waals surface area contributed by atoms with Gasteiger partial charge in [0.05, 0.1) is 0 Å². The first-order chi connectivity index (χ1) is 10.7. The van der Waals surface area contributed by atoms with Gasteiger partial charge in [-0.25, -0.2) is 0 Å². The molecule has 1 fully saturated rings. The molecule has 0 spiro atoms. The van der Waals surface area contributed by atoms with Crippen molar-refractivity contribution in [3.05, 3.63) is 0 Å². The highest BCUT2D eigenvalue weighted by Crippen LogP contribution is 2.15. The van der Waals surface area contributed by atoms with E-state index < -0.39 is 0 Å². The van der Waals surface area contributed by atoms with Gasteiger partial charge in [0.1, 0.15) is 0 Å². The van der Waals surface area contributed by atoms with E-state index in [0.29, 0.717) is 6.04 Å². The summed E-state index contributed by atoms with van der Waals surface area (Å²) in [4.78, 5) is 11.9. The number of halogens is 1. The maximum Gasteiger partial charge on any atom is 0.193 e. The lowest BCUT2D eigenvalue weighted by molar-refractivity contribution is 0.223. The average Bonchev–Trinajstić information content (AvgIpc) is 3.01. The normalized spacial score (nSPS) is 18.7. The molecule has 6 heteroatoms. The molecule has 1 aliphatic rings. The maximum atomic E-state index is 4.48. The van der Waals surface area contributed by atoms with E-state index in [1.807, 2.05) is 7.05 Å². The lowest BCUT2D eigenvalue weighted by Crippen LogP contribution is -2.45. The first-order valence-electron chi connectivity index (χ1n) is 9.11. The van der Waals surface area contributed by atoms with Crippen molar-refractivity contribution in [3.8, 4) is 0 Å². The minimum absolute atomic E-state index is 0. The molecule has 0 aromatic heterocycles. The molecule has 1 aliphatic heterocycles. The van der Waals surface area contributed by atoms with Crippen LogP contribution in [0.15, 0.2) is 4.99 Å². The van der Waals surface area contributed by atoms with Crippen LogP contribution in [0, 0.1) is 0 Å². The van der Waals surface area contributed by atoms with Gasteiger partial charge in [-0.1, -0.05) is 27.7 Å². The summed E-state index contributed by atoms with van der Waals surface area (Å²) in [5.74, 6) is 1.07. The van der Waals surface area contributed by atoms with Crippen LogP contribution in [0.25, 0.3) is 0 Å². The van der Waals surface area contributed by atoms with E-state index in [2.05, 4.69) is 52.7 Å². The van der Waals surface area contributed by atoms with Crippen LogP contribution < -0.4 is 5.32 Å². The summed E-state index contributed by atoms with van der Waals surface area (Å²) in [5.41, 5.74) is 0. The van der Waals surface area contributed by atoms with Gasteiger partial charge in [0, 0.05) is 39.3 Å². The fourth-order valence-corrected chi connectivity index (χ4v) is 3.37. The second-order valence-electron chi connectivity index (χ2n) is 6.02. The fourth-order valence-electron chi connectivity index (χ4n) is 3.37. The van der Waals surface area contributed by atoms with E-state index in [1.54, 1.807) is 0 Å². The molecular weight excluding hydrogens is 401 g/mol. The molecule has 138 valence electrons. The van der Waals surface area contributed by atoms with Gasteiger partial charge in [0.15, 0.2) is 5.96 Å². The van der Waals surface area contributed by atoms with Crippen molar-refractivity contribution in [1.82, 2.24) is 20.0 Å². The van der Waals surface area contributed by atoms with Crippen molar-refractivity contribution in [1.29, 1.82) is 0 Å². The van der Waals surface area contributed by atoms with E-state index in [9.17, 15) is 0 Å². The Labute approximate surface area is 160 Å². The van der Waals surface area contributed by atoms with E-state index in [4.69, 9.17) is 0 Å². The predicted octanol–water partition coefficient (Wildman–Crippen LogP) is 2.33. The van der Waals surface area contributed by atoms with Gasteiger partial charge in [-0.05, 0) is 39.0 Å². The van der Waals surface area contributed by atoms with E-state index >= 15 is 0 Å². The zero-order valence-corrected chi connectivity index (χ0v) is 18.2. The Kier molecular flexibility index (Phi) is 13.2. The first-order valence-corrected chi connectivity index (χ1v) is 9.11. The Morgan fingerprint density at radius 3 is 2.35 bits per heavy atom. The molecule has 1 N–H and O–H groups in total. The molecule has 1 saturated heterocycles. The number of hydrogen-bond acceptors (Lipinski definition) is 3. The van der Waals surface area contributed by atoms with Crippen LogP contribution in [-0.4, -0.2) is 86.1 Å². The topological polar surface area (TPSA) is 34.1 Å². The molecule has 5 nitrogen and oxygen atoms in total. The molecule has 1 atom stereocenters. The van der Waals surface area contributed by atoms with Gasteiger partial charge >= 0.3 is 0 Å². The van der Waals surface area contributed by atoms with Crippen LogP contribution in [0.4, 0.5) is 0 Å². The SMILES string of the molecule is CCCN(CC)CCNC(=NC)N1CCC(N(CC)CC)C1.I. The van der Waals surface area contributed by atoms with Crippen molar-refractivity contribution in [2.24, 2.45) is 4.99 Å². The molecule has 0 bridgehead atoms. The van der Waals surface area contributed by atoms with Crippen LogP contribution in [0.2, 0.25) is 0 Å². The highest BCUT2D eigenvalue weighted by Gasteiger charge is 2.27. The van der Waals surface area contributed by atoms with Gasteiger partial charge < -0.3 is 15.1 Å². The molecule has 0 aliphatic carbocycles. The molecule has 1 heterocycles. The van der Waals surface area contributed by atoms with Crippen LogP contribution in [0.1, 0.15) is 40.5 Å². The zero-order valence-electron chi connectivity index (χ0n) is 15.8. The van der Waals surface area contributed by atoms with E-state index in [-0.39, 0.29) is 24.0 Å². The van der Waals surface area contributed by atoms with E-state index in [0.717, 1.165) is 51.8 Å². The highest BCUT2D eigenvalue weighted by molar-refractivity contribution is 14.0. The summed E-state index contributed by atoms with van der Waals surface area (Å²) >= 11 is 0. The first kappa shape index (κ1) is 22.9. The summed E-state index contributed by atoms with van der Waals surface area (Å²) in [7, 11) is 1.90. The monoisotopic (exact) mass is 439 g/mol. The van der Waals surface area contributed by atoms with Crippen molar-refractivity contribution in [2.45, 2.75) is 46.6 Å². The molecular formula is C17H38IN5. The third kappa shape index (κ3) is 7.56. The number of nitrogens with one attached hydrogen (secondary N) is 1. The number of guanidine groups is 1. The zero-order chi connectivity index (χ0) is 16.4. The summed E-state index contributed by atoms with van der Waals surface area (Å²) in [6.07, 6.45) is 2.47. The summed E-state index contributed by atoms with van der Waals surface area (Å²) in [6, 6.07) is 0.681. The predicted molar refractivity (Wildman–Crippen MR) is 112 cm³/mol. The van der Waals surface area contributed by atoms with Gasteiger partial charge in [-0.2, -0.15) is 0 Å². The van der Waals surface area contributed by atoms with Gasteiger partial charge in [0.2, 0.25) is 0 Å². The largest absolute Gasteiger partial charge is 0.355 e. The Balaban J connectivity index is 0.00000484. The number of hydrogen-bond donors (Lipinski definition) is 1. The lowest BCUT2D eigenvalue weighted by atomic mass is 10.2. The van der Waals surface area contributed by atoms with Gasteiger partial charge in [0.25, 0.3) is 0 Å². The smallest absolute Gasteiger partial charge is 0.193 e. The molecule has 0 aromatic carbocycles. The summed E-state index contributed by atoms with van der Waals surface area (Å²) in [6.45, 7) is 17.9. The quantitative estimate of drug-likeness (QED) is 0.340. The van der Waals surface area contributed by atoms with Crippen molar-refractivity contribution < 1.29 is 0 Å². The number of likely N-dealkylation sites (tertiary alicyclic amines) is 1. The minimum atomic E-state index is 0. The average molecular weight is 439 g/mol. The minimum Gasteiger partial charge on any atom is -0.355 e. The molecule has 0 aromatic rings. The highest BCUT2D eigenvalue weighted by atomic mass is 127.